The maximum absolute atomic E-state index is 13.4. The molecule has 0 amide bonds. The molecule has 1 aliphatic heterocycles. The van der Waals surface area contributed by atoms with Gasteiger partial charge < -0.3 is 10.3 Å². The summed E-state index contributed by atoms with van der Waals surface area (Å²) in [6.07, 6.45) is -0.639. The third kappa shape index (κ3) is 3.74. The average molecular weight is 377 g/mol. The number of hydrogen-bond donors (Lipinski definition) is 1. The van der Waals surface area contributed by atoms with Crippen molar-refractivity contribution in [1.29, 1.82) is 0 Å². The molecule has 0 radical (unpaired) electrons. The van der Waals surface area contributed by atoms with Gasteiger partial charge in [-0.3, -0.25) is 0 Å². The second kappa shape index (κ2) is 7.94. The van der Waals surface area contributed by atoms with Gasteiger partial charge in [0.1, 0.15) is 0 Å². The number of nitrogens with one attached hydrogen (secondary N) is 1. The van der Waals surface area contributed by atoms with Crippen molar-refractivity contribution in [2.24, 2.45) is 4.40 Å². The lowest BCUT2D eigenvalue weighted by Crippen LogP contribution is -3.13. The molecule has 0 spiro atoms. The van der Waals surface area contributed by atoms with Crippen LogP contribution in [0.15, 0.2) is 95.4 Å². The van der Waals surface area contributed by atoms with Crippen LogP contribution in [0, 0.1) is 5.21 Å². The smallest absolute Gasteiger partial charge is 0.245 e. The Balaban J connectivity index is 1.77. The number of rotatable bonds is 4. The molecule has 0 aliphatic carbocycles. The first-order valence-corrected chi connectivity index (χ1v) is 9.76. The van der Waals surface area contributed by atoms with E-state index in [1.807, 2.05) is 91.0 Å². The predicted octanol–water partition coefficient (Wildman–Crippen LogP) is 2.61. The third-order valence-corrected chi connectivity index (χ3v) is 5.56. The Kier molecular flexibility index (Phi) is 5.22. The van der Waals surface area contributed by atoms with Crippen LogP contribution >= 0.6 is 0 Å². The van der Waals surface area contributed by atoms with Gasteiger partial charge in [-0.25, -0.2) is 4.21 Å². The van der Waals surface area contributed by atoms with Crippen molar-refractivity contribution in [3.63, 3.8) is 0 Å². The minimum atomic E-state index is -1.66. The fourth-order valence-corrected chi connectivity index (χ4v) is 4.29. The lowest BCUT2D eigenvalue weighted by molar-refractivity contribution is -0.801. The molecule has 0 aromatic heterocycles. The SMILES string of the molecule is O=S1N=C(c2ccccc2)[NH+]([O-])C(c2ccccc2)N1Cc1ccccc1. The van der Waals surface area contributed by atoms with E-state index >= 15 is 0 Å². The van der Waals surface area contributed by atoms with Gasteiger partial charge in [0.2, 0.25) is 17.0 Å². The Hall–Kier alpha value is -2.64. The van der Waals surface area contributed by atoms with Gasteiger partial charge in [-0.2, -0.15) is 0 Å². The molecule has 136 valence electrons. The van der Waals surface area contributed by atoms with Crippen LogP contribution in [0.25, 0.3) is 0 Å². The van der Waals surface area contributed by atoms with Crippen LogP contribution in [-0.2, 0) is 17.7 Å². The summed E-state index contributed by atoms with van der Waals surface area (Å²) < 4.78 is 18.9. The highest BCUT2D eigenvalue weighted by atomic mass is 32.2. The summed E-state index contributed by atoms with van der Waals surface area (Å²) in [5.74, 6) is 0.270. The monoisotopic (exact) mass is 377 g/mol. The summed E-state index contributed by atoms with van der Waals surface area (Å²) in [5.41, 5.74) is 2.49. The van der Waals surface area contributed by atoms with E-state index in [2.05, 4.69) is 4.40 Å². The fraction of sp³-hybridized carbons (Fsp3) is 0.0952. The molecule has 3 atom stereocenters. The molecular formula is C21H19N3O2S. The molecule has 4 rings (SSSR count). The molecule has 0 saturated carbocycles. The van der Waals surface area contributed by atoms with Gasteiger partial charge in [0, 0.05) is 12.1 Å². The average Bonchev–Trinajstić information content (AvgIpc) is 2.73. The minimum absolute atomic E-state index is 0.136. The maximum Gasteiger partial charge on any atom is 0.245 e. The van der Waals surface area contributed by atoms with E-state index in [0.29, 0.717) is 12.1 Å². The minimum Gasteiger partial charge on any atom is -0.626 e. The molecule has 1 N–H and O–H groups in total. The Labute approximate surface area is 160 Å². The molecule has 27 heavy (non-hydrogen) atoms. The summed E-state index contributed by atoms with van der Waals surface area (Å²) in [6.45, 7) is 0.379. The second-order valence-corrected chi connectivity index (χ2v) is 7.39. The number of hydroxylamine groups is 2. The fourth-order valence-electron chi connectivity index (χ4n) is 3.18. The molecule has 6 heteroatoms. The lowest BCUT2D eigenvalue weighted by Gasteiger charge is -2.40. The first-order valence-electron chi connectivity index (χ1n) is 8.70. The lowest BCUT2D eigenvalue weighted by atomic mass is 10.1. The van der Waals surface area contributed by atoms with Gasteiger partial charge in [-0.05, 0) is 17.7 Å². The van der Waals surface area contributed by atoms with E-state index in [1.54, 1.807) is 4.31 Å². The van der Waals surface area contributed by atoms with Crippen LogP contribution in [-0.4, -0.2) is 14.3 Å². The Morgan fingerprint density at radius 2 is 1.44 bits per heavy atom. The highest BCUT2D eigenvalue weighted by Gasteiger charge is 2.38. The summed E-state index contributed by atoms with van der Waals surface area (Å²) in [5, 5.41) is 13.2. The molecule has 1 heterocycles. The zero-order valence-corrected chi connectivity index (χ0v) is 15.4. The van der Waals surface area contributed by atoms with Crippen molar-refractivity contribution < 1.29 is 9.27 Å². The van der Waals surface area contributed by atoms with E-state index in [4.69, 9.17) is 0 Å². The van der Waals surface area contributed by atoms with E-state index < -0.39 is 17.3 Å². The summed E-state index contributed by atoms with van der Waals surface area (Å²) >= 11 is -1.66. The van der Waals surface area contributed by atoms with E-state index in [9.17, 15) is 9.42 Å². The standard InChI is InChI=1S/C21H19N3O2S/c25-24-20(18-12-6-2-7-13-18)22-27(26)23(16-17-10-4-1-5-11-17)21(24)19-14-8-3-9-15-19/h1-15,21,24H,16H2. The number of quaternary nitrogens is 1. The van der Waals surface area contributed by atoms with Crippen molar-refractivity contribution in [3.05, 3.63) is 113 Å². The molecule has 3 unspecified atom stereocenters. The highest BCUT2D eigenvalue weighted by molar-refractivity contribution is 7.81. The van der Waals surface area contributed by atoms with Crippen molar-refractivity contribution in [3.8, 4) is 0 Å². The van der Waals surface area contributed by atoms with Gasteiger partial charge in [0.05, 0.1) is 5.56 Å². The number of amidine groups is 1. The van der Waals surface area contributed by atoms with E-state index in [1.165, 1.54) is 0 Å². The van der Waals surface area contributed by atoms with Gasteiger partial charge in [0.15, 0.2) is 6.17 Å². The predicted molar refractivity (Wildman–Crippen MR) is 107 cm³/mol. The Morgan fingerprint density at radius 3 is 2.07 bits per heavy atom. The van der Waals surface area contributed by atoms with Gasteiger partial charge >= 0.3 is 0 Å². The zero-order chi connectivity index (χ0) is 18.6. The van der Waals surface area contributed by atoms with Crippen LogP contribution in [0.1, 0.15) is 22.9 Å². The van der Waals surface area contributed by atoms with E-state index in [-0.39, 0.29) is 10.9 Å². The number of benzene rings is 3. The first-order chi connectivity index (χ1) is 13.2. The first kappa shape index (κ1) is 17.8. The Morgan fingerprint density at radius 1 is 0.889 bits per heavy atom. The van der Waals surface area contributed by atoms with Crippen molar-refractivity contribution in [2.45, 2.75) is 12.7 Å². The van der Waals surface area contributed by atoms with Crippen LogP contribution in [0.5, 0.6) is 0 Å². The molecule has 0 bridgehead atoms. The largest absolute Gasteiger partial charge is 0.626 e. The van der Waals surface area contributed by atoms with E-state index in [0.717, 1.165) is 11.1 Å². The van der Waals surface area contributed by atoms with Gasteiger partial charge in [-0.15, -0.1) is 8.70 Å². The topological polar surface area (TPSA) is 60.2 Å². The van der Waals surface area contributed by atoms with Gasteiger partial charge in [-0.1, -0.05) is 78.9 Å². The summed E-state index contributed by atoms with van der Waals surface area (Å²) in [7, 11) is 0. The summed E-state index contributed by atoms with van der Waals surface area (Å²) in [4.78, 5) is 0. The molecule has 3 aromatic rings. The van der Waals surface area contributed by atoms with Gasteiger partial charge in [0.25, 0.3) is 0 Å². The number of nitrogens with zero attached hydrogens (tertiary/aromatic N) is 2. The van der Waals surface area contributed by atoms with Crippen LogP contribution in [0.3, 0.4) is 0 Å². The molecule has 5 nitrogen and oxygen atoms in total. The molecule has 0 saturated heterocycles. The Bertz CT molecular complexity index is 949. The molecule has 1 aliphatic rings. The number of hydrogen-bond acceptors (Lipinski definition) is 2. The molecule has 0 fully saturated rings. The molecule has 3 aromatic carbocycles. The summed E-state index contributed by atoms with van der Waals surface area (Å²) in [6, 6.07) is 28.4. The van der Waals surface area contributed by atoms with Crippen LogP contribution < -0.4 is 5.06 Å². The molecular weight excluding hydrogens is 358 g/mol. The second-order valence-electron chi connectivity index (χ2n) is 6.27. The van der Waals surface area contributed by atoms with Crippen molar-refractivity contribution in [2.75, 3.05) is 0 Å². The highest BCUT2D eigenvalue weighted by Crippen LogP contribution is 2.23. The van der Waals surface area contributed by atoms with Crippen LogP contribution in [0.4, 0.5) is 0 Å². The van der Waals surface area contributed by atoms with Crippen molar-refractivity contribution >= 4 is 17.0 Å². The van der Waals surface area contributed by atoms with Crippen molar-refractivity contribution in [1.82, 2.24) is 4.31 Å². The van der Waals surface area contributed by atoms with Crippen LogP contribution in [0.2, 0.25) is 0 Å². The third-order valence-electron chi connectivity index (χ3n) is 4.48. The quantitative estimate of drug-likeness (QED) is 0.711. The zero-order valence-electron chi connectivity index (χ0n) is 14.6. The normalized spacial score (nSPS) is 23.0. The maximum atomic E-state index is 13.4.